The lowest BCUT2D eigenvalue weighted by Gasteiger charge is -2.09. The number of carbonyl (C=O) groups is 1. The molecule has 2 aromatic rings. The van der Waals surface area contributed by atoms with Crippen molar-refractivity contribution in [1.29, 1.82) is 0 Å². The second-order valence-electron chi connectivity index (χ2n) is 4.84. The van der Waals surface area contributed by atoms with Crippen molar-refractivity contribution in [3.8, 4) is 11.5 Å². The summed E-state index contributed by atoms with van der Waals surface area (Å²) in [6, 6.07) is 15.3. The van der Waals surface area contributed by atoms with Gasteiger partial charge in [0.25, 0.3) is 0 Å². The molecule has 0 aromatic heterocycles. The van der Waals surface area contributed by atoms with E-state index in [2.05, 4.69) is 0 Å². The van der Waals surface area contributed by atoms with Crippen LogP contribution in [0.3, 0.4) is 0 Å². The maximum absolute atomic E-state index is 11.8. The summed E-state index contributed by atoms with van der Waals surface area (Å²) in [6.45, 7) is 0.311. The van der Waals surface area contributed by atoms with E-state index in [1.54, 1.807) is 14.2 Å². The summed E-state index contributed by atoms with van der Waals surface area (Å²) >= 11 is 0. The van der Waals surface area contributed by atoms with E-state index in [1.165, 1.54) is 0 Å². The molecule has 0 aliphatic heterocycles. The second kappa shape index (κ2) is 8.08. The number of hydrogen-bond donors (Lipinski definition) is 0. The van der Waals surface area contributed by atoms with E-state index in [-0.39, 0.29) is 5.97 Å². The lowest BCUT2D eigenvalue weighted by atomic mass is 10.1. The van der Waals surface area contributed by atoms with Crippen LogP contribution < -0.4 is 9.47 Å². The molecule has 0 amide bonds. The molecule has 0 atom stereocenters. The molecule has 0 N–H and O–H groups in total. The molecule has 0 saturated carbocycles. The molecule has 0 spiro atoms. The molecular weight excluding hydrogens is 280 g/mol. The molecule has 4 heteroatoms. The Kier molecular flexibility index (Phi) is 5.83. The molecule has 2 rings (SSSR count). The van der Waals surface area contributed by atoms with Gasteiger partial charge in [0, 0.05) is 6.42 Å². The Hall–Kier alpha value is -2.49. The molecule has 0 saturated heterocycles. The summed E-state index contributed by atoms with van der Waals surface area (Å²) in [7, 11) is 3.19. The predicted octanol–water partition coefficient (Wildman–Crippen LogP) is 3.38. The van der Waals surface area contributed by atoms with Gasteiger partial charge in [-0.3, -0.25) is 4.79 Å². The van der Waals surface area contributed by atoms with Crippen LogP contribution in [0.4, 0.5) is 0 Å². The minimum Gasteiger partial charge on any atom is -0.493 e. The molecule has 0 radical (unpaired) electrons. The highest BCUT2D eigenvalue weighted by atomic mass is 16.5. The van der Waals surface area contributed by atoms with Crippen molar-refractivity contribution in [2.75, 3.05) is 14.2 Å². The van der Waals surface area contributed by atoms with Gasteiger partial charge in [-0.1, -0.05) is 36.4 Å². The second-order valence-corrected chi connectivity index (χ2v) is 4.84. The van der Waals surface area contributed by atoms with E-state index in [4.69, 9.17) is 14.2 Å². The highest BCUT2D eigenvalue weighted by Crippen LogP contribution is 2.27. The molecule has 22 heavy (non-hydrogen) atoms. The minimum atomic E-state index is -0.210. The summed E-state index contributed by atoms with van der Waals surface area (Å²) in [5.74, 6) is 1.13. The van der Waals surface area contributed by atoms with Crippen LogP contribution in [-0.2, 0) is 22.6 Å². The number of ether oxygens (including phenoxy) is 3. The highest BCUT2D eigenvalue weighted by Gasteiger charge is 2.08. The van der Waals surface area contributed by atoms with Crippen molar-refractivity contribution in [3.63, 3.8) is 0 Å². The zero-order valence-corrected chi connectivity index (χ0v) is 12.9. The third-order valence-corrected chi connectivity index (χ3v) is 3.31. The third kappa shape index (κ3) is 4.52. The lowest BCUT2D eigenvalue weighted by molar-refractivity contribution is -0.144. The van der Waals surface area contributed by atoms with E-state index in [0.29, 0.717) is 30.9 Å². The van der Waals surface area contributed by atoms with E-state index < -0.39 is 0 Å². The molecule has 116 valence electrons. The van der Waals surface area contributed by atoms with Gasteiger partial charge in [0.15, 0.2) is 11.5 Å². The van der Waals surface area contributed by atoms with Crippen LogP contribution in [0.25, 0.3) is 0 Å². The van der Waals surface area contributed by atoms with Gasteiger partial charge >= 0.3 is 5.97 Å². The first-order valence-electron chi connectivity index (χ1n) is 7.13. The number of rotatable bonds is 7. The largest absolute Gasteiger partial charge is 0.493 e. The standard InChI is InChI=1S/C18H20O4/c1-20-16-10-8-14(12-17(16)21-2)9-11-18(19)22-13-15-6-4-3-5-7-15/h3-8,10,12H,9,11,13H2,1-2H3. The fourth-order valence-electron chi connectivity index (χ4n) is 2.09. The van der Waals surface area contributed by atoms with Crippen LogP contribution in [0.2, 0.25) is 0 Å². The number of methoxy groups -OCH3 is 2. The predicted molar refractivity (Wildman–Crippen MR) is 84.1 cm³/mol. The monoisotopic (exact) mass is 300 g/mol. The van der Waals surface area contributed by atoms with Crippen LogP contribution in [0.5, 0.6) is 11.5 Å². The fraction of sp³-hybridized carbons (Fsp3) is 0.278. The molecule has 0 aliphatic rings. The zero-order chi connectivity index (χ0) is 15.8. The van der Waals surface area contributed by atoms with Crippen LogP contribution >= 0.6 is 0 Å². The van der Waals surface area contributed by atoms with Gasteiger partial charge < -0.3 is 14.2 Å². The van der Waals surface area contributed by atoms with Gasteiger partial charge in [0.2, 0.25) is 0 Å². The summed E-state index contributed by atoms with van der Waals surface area (Å²) < 4.78 is 15.7. The Morgan fingerprint density at radius 1 is 0.909 bits per heavy atom. The van der Waals surface area contributed by atoms with E-state index in [1.807, 2.05) is 48.5 Å². The minimum absolute atomic E-state index is 0.210. The Labute approximate surface area is 130 Å². The quantitative estimate of drug-likeness (QED) is 0.735. The Morgan fingerprint density at radius 3 is 2.32 bits per heavy atom. The summed E-state index contributed by atoms with van der Waals surface area (Å²) in [6.07, 6.45) is 0.941. The van der Waals surface area contributed by atoms with E-state index in [0.717, 1.165) is 11.1 Å². The highest BCUT2D eigenvalue weighted by molar-refractivity contribution is 5.69. The van der Waals surface area contributed by atoms with Crippen LogP contribution in [0, 0.1) is 0 Å². The molecule has 0 fully saturated rings. The fourth-order valence-corrected chi connectivity index (χ4v) is 2.09. The summed E-state index contributed by atoms with van der Waals surface area (Å²) in [5.41, 5.74) is 2.00. The Balaban J connectivity index is 1.83. The topological polar surface area (TPSA) is 44.8 Å². The average molecular weight is 300 g/mol. The van der Waals surface area contributed by atoms with Crippen LogP contribution in [-0.4, -0.2) is 20.2 Å². The van der Waals surface area contributed by atoms with Gasteiger partial charge in [-0.2, -0.15) is 0 Å². The van der Waals surface area contributed by atoms with E-state index >= 15 is 0 Å². The number of esters is 1. The normalized spacial score (nSPS) is 10.1. The Bertz CT molecular complexity index is 608. The maximum Gasteiger partial charge on any atom is 0.306 e. The van der Waals surface area contributed by atoms with Gasteiger partial charge in [0.1, 0.15) is 6.61 Å². The molecule has 0 heterocycles. The van der Waals surface area contributed by atoms with Gasteiger partial charge in [-0.15, -0.1) is 0 Å². The smallest absolute Gasteiger partial charge is 0.306 e. The lowest BCUT2D eigenvalue weighted by Crippen LogP contribution is -2.06. The molecule has 0 bridgehead atoms. The van der Waals surface area contributed by atoms with Crippen molar-refractivity contribution in [2.45, 2.75) is 19.4 Å². The van der Waals surface area contributed by atoms with Crippen molar-refractivity contribution < 1.29 is 19.0 Å². The van der Waals surface area contributed by atoms with Gasteiger partial charge in [-0.25, -0.2) is 0 Å². The first-order chi connectivity index (χ1) is 10.7. The molecule has 0 unspecified atom stereocenters. The first-order valence-corrected chi connectivity index (χ1v) is 7.13. The number of aryl methyl sites for hydroxylation is 1. The number of carbonyl (C=O) groups excluding carboxylic acids is 1. The van der Waals surface area contributed by atoms with Gasteiger partial charge in [0.05, 0.1) is 14.2 Å². The Morgan fingerprint density at radius 2 is 1.64 bits per heavy atom. The summed E-state index contributed by atoms with van der Waals surface area (Å²) in [5, 5.41) is 0. The van der Waals surface area contributed by atoms with Gasteiger partial charge in [-0.05, 0) is 29.7 Å². The van der Waals surface area contributed by atoms with Crippen molar-refractivity contribution >= 4 is 5.97 Å². The number of hydrogen-bond acceptors (Lipinski definition) is 4. The molecule has 4 nitrogen and oxygen atoms in total. The van der Waals surface area contributed by atoms with E-state index in [9.17, 15) is 4.79 Å². The number of benzene rings is 2. The maximum atomic E-state index is 11.8. The van der Waals surface area contributed by atoms with Crippen LogP contribution in [0.1, 0.15) is 17.5 Å². The summed E-state index contributed by atoms with van der Waals surface area (Å²) in [4.78, 5) is 11.8. The molecule has 2 aromatic carbocycles. The average Bonchev–Trinajstić information content (AvgIpc) is 2.58. The zero-order valence-electron chi connectivity index (χ0n) is 12.9. The molecular formula is C18H20O4. The third-order valence-electron chi connectivity index (χ3n) is 3.31. The van der Waals surface area contributed by atoms with Crippen molar-refractivity contribution in [3.05, 3.63) is 59.7 Å². The van der Waals surface area contributed by atoms with Crippen LogP contribution in [0.15, 0.2) is 48.5 Å². The van der Waals surface area contributed by atoms with Crippen molar-refractivity contribution in [1.82, 2.24) is 0 Å². The molecule has 0 aliphatic carbocycles. The first kappa shape index (κ1) is 15.9. The SMILES string of the molecule is COc1ccc(CCC(=O)OCc2ccccc2)cc1OC. The van der Waals surface area contributed by atoms with Crippen molar-refractivity contribution in [2.24, 2.45) is 0 Å².